The van der Waals surface area contributed by atoms with E-state index in [1.807, 2.05) is 0 Å². The van der Waals surface area contributed by atoms with Gasteiger partial charge in [-0.05, 0) is 41.3 Å². The molecule has 1 unspecified atom stereocenters. The smallest absolute Gasteiger partial charge is 0.271 e. The van der Waals surface area contributed by atoms with Crippen molar-refractivity contribution in [3.05, 3.63) is 69.5 Å². The van der Waals surface area contributed by atoms with Crippen LogP contribution in [0.2, 0.25) is 10.0 Å². The Morgan fingerprint density at radius 3 is 2.06 bits per heavy atom. The van der Waals surface area contributed by atoms with E-state index in [1.165, 1.54) is 42.5 Å². The molecule has 0 aliphatic heterocycles. The van der Waals surface area contributed by atoms with Crippen molar-refractivity contribution < 1.29 is 25.6 Å². The summed E-state index contributed by atoms with van der Waals surface area (Å²) in [7, 11) is -8.22. The monoisotopic (exact) mass is 539 g/mol. The summed E-state index contributed by atoms with van der Waals surface area (Å²) in [5.74, 6) is -0.359. The molecular formula is C17H13Cl2N2O6S4-. The Balaban J connectivity index is 1.99. The van der Waals surface area contributed by atoms with Crippen LogP contribution in [-0.4, -0.2) is 25.6 Å². The van der Waals surface area contributed by atoms with Crippen LogP contribution in [0.5, 0.6) is 0 Å². The highest BCUT2D eigenvalue weighted by Crippen LogP contribution is 2.35. The molecule has 8 nitrogen and oxygen atoms in total. The van der Waals surface area contributed by atoms with Gasteiger partial charge in [0.05, 0.1) is 26.3 Å². The third kappa shape index (κ3) is 5.98. The lowest BCUT2D eigenvalue weighted by molar-refractivity contribution is 0.536. The van der Waals surface area contributed by atoms with Gasteiger partial charge in [-0.2, -0.15) is 0 Å². The fourth-order valence-electron chi connectivity index (χ4n) is 2.47. The molecule has 3 rings (SSSR count). The van der Waals surface area contributed by atoms with E-state index in [9.17, 15) is 25.6 Å². The Bertz CT molecular complexity index is 1340. The zero-order valence-corrected chi connectivity index (χ0v) is 20.0. The predicted octanol–water partition coefficient (Wildman–Crippen LogP) is 4.04. The Hall–Kier alpha value is -1.67. The lowest BCUT2D eigenvalue weighted by Gasteiger charge is -2.16. The number of rotatable bonds is 8. The van der Waals surface area contributed by atoms with Gasteiger partial charge >= 0.3 is 0 Å². The molecule has 2 N–H and O–H groups in total. The van der Waals surface area contributed by atoms with Gasteiger partial charge in [0.2, 0.25) is 0 Å². The van der Waals surface area contributed by atoms with E-state index >= 15 is 0 Å². The molecule has 0 radical (unpaired) electrons. The molecule has 3 aromatic rings. The van der Waals surface area contributed by atoms with Gasteiger partial charge in [0, 0.05) is 5.75 Å². The molecule has 0 aliphatic rings. The molecule has 0 saturated carbocycles. The van der Waals surface area contributed by atoms with Crippen molar-refractivity contribution in [2.24, 2.45) is 0 Å². The van der Waals surface area contributed by atoms with Gasteiger partial charge in [-0.3, -0.25) is 13.7 Å². The summed E-state index contributed by atoms with van der Waals surface area (Å²) in [6.45, 7) is 0. The Kier molecular flexibility index (Phi) is 7.31. The third-order valence-corrected chi connectivity index (χ3v) is 9.22. The summed E-state index contributed by atoms with van der Waals surface area (Å²) < 4.78 is 77.3. The molecule has 0 aliphatic carbocycles. The van der Waals surface area contributed by atoms with Crippen molar-refractivity contribution >= 4 is 77.0 Å². The van der Waals surface area contributed by atoms with Gasteiger partial charge in [-0.15, -0.1) is 11.3 Å². The number of halogens is 2. The molecule has 166 valence electrons. The maximum atomic E-state index is 12.9. The topological polar surface area (TPSA) is 132 Å². The summed E-state index contributed by atoms with van der Waals surface area (Å²) in [5.41, 5.74) is -0.0282. The van der Waals surface area contributed by atoms with E-state index in [4.69, 9.17) is 23.2 Å². The Morgan fingerprint density at radius 1 is 0.903 bits per heavy atom. The highest BCUT2D eigenvalue weighted by molar-refractivity contribution is 7.94. The third-order valence-electron chi connectivity index (χ3n) is 3.80. The summed E-state index contributed by atoms with van der Waals surface area (Å²) >= 11 is 10.6. The van der Waals surface area contributed by atoms with Gasteiger partial charge in [-0.1, -0.05) is 52.5 Å². The molecule has 1 heterocycles. The molecule has 1 atom stereocenters. The van der Waals surface area contributed by atoms with Crippen LogP contribution >= 0.6 is 34.5 Å². The number of nitrogens with one attached hydrogen (secondary N) is 2. The normalized spacial score (nSPS) is 13.0. The maximum absolute atomic E-state index is 12.9. The van der Waals surface area contributed by atoms with E-state index in [0.29, 0.717) is 0 Å². The molecule has 31 heavy (non-hydrogen) atoms. The van der Waals surface area contributed by atoms with Gasteiger partial charge < -0.3 is 4.55 Å². The van der Waals surface area contributed by atoms with Gasteiger partial charge in [0.15, 0.2) is 0 Å². The number of hydrogen-bond donors (Lipinski definition) is 2. The molecule has 14 heteroatoms. The second kappa shape index (κ2) is 9.45. The van der Waals surface area contributed by atoms with E-state index < -0.39 is 31.1 Å². The van der Waals surface area contributed by atoms with Crippen LogP contribution in [0.3, 0.4) is 0 Å². The summed E-state index contributed by atoms with van der Waals surface area (Å²) in [5, 5.41) is 1.58. The zero-order chi connectivity index (χ0) is 22.8. The van der Waals surface area contributed by atoms with Gasteiger partial charge in [-0.25, -0.2) is 16.8 Å². The second-order valence-electron chi connectivity index (χ2n) is 6.05. The van der Waals surface area contributed by atoms with E-state index in [0.717, 1.165) is 11.3 Å². The SMILES string of the molecule is O=S([O-])Cc1cccc(S(=O)(=O)Nc2cc(Cl)c(Cl)cc2NS(=O)(=O)c2cccs2)c1. The van der Waals surface area contributed by atoms with Gasteiger partial charge in [0.25, 0.3) is 20.0 Å². The second-order valence-corrected chi connectivity index (χ2v) is 12.3. The minimum atomic E-state index is -4.22. The van der Waals surface area contributed by atoms with Crippen molar-refractivity contribution in [2.45, 2.75) is 14.9 Å². The minimum absolute atomic E-state index is 0.00561. The number of hydrogen-bond acceptors (Lipinski definition) is 7. The zero-order valence-electron chi connectivity index (χ0n) is 15.2. The van der Waals surface area contributed by atoms with Crippen LogP contribution in [0.15, 0.2) is 63.0 Å². The number of thiophene rings is 1. The lowest BCUT2D eigenvalue weighted by atomic mass is 10.2. The lowest BCUT2D eigenvalue weighted by Crippen LogP contribution is -2.17. The summed E-state index contributed by atoms with van der Waals surface area (Å²) in [4.78, 5) is -0.214. The first-order chi connectivity index (χ1) is 14.5. The summed E-state index contributed by atoms with van der Waals surface area (Å²) in [6.07, 6.45) is 0. The first-order valence-electron chi connectivity index (χ1n) is 8.21. The maximum Gasteiger partial charge on any atom is 0.271 e. The Morgan fingerprint density at radius 2 is 1.52 bits per heavy atom. The first-order valence-corrected chi connectivity index (χ1v) is 14.1. The molecule has 0 amide bonds. The van der Waals surface area contributed by atoms with Gasteiger partial charge in [0.1, 0.15) is 4.21 Å². The average Bonchev–Trinajstić information content (AvgIpc) is 3.21. The average molecular weight is 540 g/mol. The largest absolute Gasteiger partial charge is 0.772 e. The molecule has 1 aromatic heterocycles. The van der Waals surface area contributed by atoms with Crippen molar-refractivity contribution in [1.29, 1.82) is 0 Å². The van der Waals surface area contributed by atoms with Crippen LogP contribution in [-0.2, 0) is 36.9 Å². The predicted molar refractivity (Wildman–Crippen MR) is 121 cm³/mol. The number of sulfonamides is 2. The van der Waals surface area contributed by atoms with Crippen LogP contribution in [0.4, 0.5) is 11.4 Å². The molecular weight excluding hydrogens is 527 g/mol. The van der Waals surface area contributed by atoms with Crippen LogP contribution in [0, 0.1) is 0 Å². The van der Waals surface area contributed by atoms with Crippen LogP contribution in [0.25, 0.3) is 0 Å². The molecule has 0 bridgehead atoms. The fourth-order valence-corrected chi connectivity index (χ4v) is 6.45. The highest BCUT2D eigenvalue weighted by atomic mass is 35.5. The van der Waals surface area contributed by atoms with Crippen molar-refractivity contribution in [3.63, 3.8) is 0 Å². The molecule has 0 saturated heterocycles. The van der Waals surface area contributed by atoms with Crippen molar-refractivity contribution in [1.82, 2.24) is 0 Å². The van der Waals surface area contributed by atoms with Crippen LogP contribution < -0.4 is 9.44 Å². The standard InChI is InChI=1S/C17H14Cl2N2O6S4/c18-13-8-15(16(9-14(13)19)21-31(26,27)17-5-2-6-28-17)20-30(24,25)12-4-1-3-11(7-12)10-29(22)23/h1-9,20-21H,10H2,(H,22,23)/p-1. The van der Waals surface area contributed by atoms with E-state index in [2.05, 4.69) is 9.44 Å². The molecule has 2 aromatic carbocycles. The minimum Gasteiger partial charge on any atom is -0.772 e. The van der Waals surface area contributed by atoms with Crippen LogP contribution in [0.1, 0.15) is 5.56 Å². The quantitative estimate of drug-likeness (QED) is 0.415. The Labute approximate surface area is 195 Å². The number of benzene rings is 2. The fraction of sp³-hybridized carbons (Fsp3) is 0.0588. The van der Waals surface area contributed by atoms with E-state index in [-0.39, 0.29) is 41.8 Å². The number of anilines is 2. The van der Waals surface area contributed by atoms with Crippen molar-refractivity contribution in [3.8, 4) is 0 Å². The molecule has 0 spiro atoms. The summed E-state index contributed by atoms with van der Waals surface area (Å²) in [6, 6.07) is 10.6. The first kappa shape index (κ1) is 24.0. The van der Waals surface area contributed by atoms with E-state index in [1.54, 1.807) is 11.4 Å². The highest BCUT2D eigenvalue weighted by Gasteiger charge is 2.22. The molecule has 0 fully saturated rings. The van der Waals surface area contributed by atoms with Crippen molar-refractivity contribution in [2.75, 3.05) is 9.44 Å².